The van der Waals surface area contributed by atoms with E-state index in [1.54, 1.807) is 0 Å². The van der Waals surface area contributed by atoms with E-state index in [1.165, 1.54) is 100 Å². The van der Waals surface area contributed by atoms with Gasteiger partial charge in [0.15, 0.2) is 0 Å². The number of benzene rings is 2. The van der Waals surface area contributed by atoms with Crippen LogP contribution in [-0.2, 0) is 0 Å². The van der Waals surface area contributed by atoms with Crippen LogP contribution in [0.1, 0.15) is 198 Å². The molecule has 0 atom stereocenters. The maximum atomic E-state index is 2.36. The molecule has 2 aromatic rings. The van der Waals surface area contributed by atoms with Gasteiger partial charge in [0, 0.05) is 0 Å². The molecule has 1 saturated carbocycles. The van der Waals surface area contributed by atoms with Crippen molar-refractivity contribution >= 4 is 0 Å². The van der Waals surface area contributed by atoms with E-state index >= 15 is 0 Å². The molecule has 1 aliphatic rings. The summed E-state index contributed by atoms with van der Waals surface area (Å²) in [7, 11) is 0. The van der Waals surface area contributed by atoms with Gasteiger partial charge in [0.05, 0.1) is 0 Å². The van der Waals surface area contributed by atoms with Crippen molar-refractivity contribution in [3.63, 3.8) is 0 Å². The summed E-state index contributed by atoms with van der Waals surface area (Å²) in [6.45, 7) is 34.5. The Morgan fingerprint density at radius 1 is 0.545 bits per heavy atom. The van der Waals surface area contributed by atoms with Gasteiger partial charge in [0.1, 0.15) is 0 Å². The highest BCUT2D eigenvalue weighted by Crippen LogP contribution is 2.22. The van der Waals surface area contributed by atoms with Crippen molar-refractivity contribution < 1.29 is 0 Å². The van der Waals surface area contributed by atoms with Gasteiger partial charge in [-0.1, -0.05) is 252 Å². The average Bonchev–Trinajstić information content (AvgIpc) is 2.96. The van der Waals surface area contributed by atoms with Crippen LogP contribution in [-0.4, -0.2) is 0 Å². The van der Waals surface area contributed by atoms with Crippen LogP contribution in [0.3, 0.4) is 0 Å². The lowest BCUT2D eigenvalue weighted by molar-refractivity contribution is 0.385. The van der Waals surface area contributed by atoms with Crippen LogP contribution in [0.25, 0.3) is 0 Å². The van der Waals surface area contributed by atoms with Gasteiger partial charge < -0.3 is 0 Å². The molecule has 1 fully saturated rings. The van der Waals surface area contributed by atoms with Gasteiger partial charge in [0.25, 0.3) is 0 Å². The Balaban J connectivity index is -0.0000000962. The monoisotopic (exact) mass is 617 g/mol. The Morgan fingerprint density at radius 2 is 0.886 bits per heavy atom. The van der Waals surface area contributed by atoms with E-state index in [9.17, 15) is 0 Å². The summed E-state index contributed by atoms with van der Waals surface area (Å²) in [6, 6.07) is 18.7. The molecule has 0 aliphatic heterocycles. The second-order valence-corrected chi connectivity index (χ2v) is 13.3. The fraction of sp³-hybridized carbons (Fsp3) is 0.727. The highest BCUT2D eigenvalue weighted by atomic mass is 14.1. The maximum Gasteiger partial charge on any atom is -0.0398 e. The first-order chi connectivity index (χ1) is 20.3. The lowest BCUT2D eigenvalue weighted by atomic mass is 9.91. The van der Waals surface area contributed by atoms with Crippen LogP contribution in [0.2, 0.25) is 0 Å². The average molecular weight is 617 g/mol. The standard InChI is InChI=1S/C8H10.C7H14.C7H8.C7H16.C5H12.C4H10.C3H8.C2H6.CH4/c1-7-4-3-5-8(2)6-7;2*1-7-5-3-2-4-6-7;1-3-5-7-6-4-2;1-5(2,3)4;1-3-4-2;1-3-2;1-2;/h3-6H,1-2H3;7H,2-6H2,1H3;2-6H,1H3;3-7H2,1-2H3;1-4H3;3-4H2,1-2H3;3H2,1-2H3;1-2H3;1H4. The zero-order chi connectivity index (χ0) is 34.4. The Bertz CT molecular complexity index is 656. The molecule has 44 heavy (non-hydrogen) atoms. The van der Waals surface area contributed by atoms with E-state index in [1.807, 2.05) is 32.0 Å². The highest BCUT2D eigenvalue weighted by Gasteiger charge is 2.05. The molecule has 0 N–H and O–H groups in total. The smallest absolute Gasteiger partial charge is 0.0398 e. The van der Waals surface area contributed by atoms with Crippen LogP contribution in [0.15, 0.2) is 54.6 Å². The predicted molar refractivity (Wildman–Crippen MR) is 214 cm³/mol. The van der Waals surface area contributed by atoms with Crippen LogP contribution >= 0.6 is 0 Å². The summed E-state index contributed by atoms with van der Waals surface area (Å²) in [5.74, 6) is 1.04. The summed E-state index contributed by atoms with van der Waals surface area (Å²) in [5, 5.41) is 0. The first-order valence-electron chi connectivity index (χ1n) is 18.4. The Labute approximate surface area is 283 Å². The quantitative estimate of drug-likeness (QED) is 0.293. The molecule has 0 saturated heterocycles. The number of hydrogen-bond donors (Lipinski definition) is 0. The van der Waals surface area contributed by atoms with Gasteiger partial charge in [-0.25, -0.2) is 0 Å². The number of hydrogen-bond acceptors (Lipinski definition) is 0. The summed E-state index contributed by atoms with van der Waals surface area (Å²) in [5.41, 5.74) is 4.50. The number of unbranched alkanes of at least 4 members (excludes halogenated alkanes) is 5. The van der Waals surface area contributed by atoms with Gasteiger partial charge >= 0.3 is 0 Å². The van der Waals surface area contributed by atoms with Gasteiger partial charge in [-0.05, 0) is 32.1 Å². The minimum atomic E-state index is 0. The molecule has 0 unspecified atom stereocenters. The number of aryl methyl sites for hydroxylation is 3. The minimum absolute atomic E-state index is 0. The topological polar surface area (TPSA) is 0 Å². The van der Waals surface area contributed by atoms with E-state index in [0.717, 1.165) is 5.92 Å². The predicted octanol–water partition coefficient (Wildman–Crippen LogP) is 16.8. The minimum Gasteiger partial charge on any atom is -0.0776 e. The molecule has 2 aromatic carbocycles. The van der Waals surface area contributed by atoms with Crippen LogP contribution in [0, 0.1) is 32.1 Å². The van der Waals surface area contributed by atoms with Crippen molar-refractivity contribution in [2.75, 3.05) is 0 Å². The SMILES string of the molecule is C.CC.CC(C)(C)C.CC1CCCCC1.CCC.CCCC.CCCCCCC.Cc1cccc(C)c1.Cc1ccccc1. The molecule has 264 valence electrons. The second kappa shape index (κ2) is 45.9. The molecule has 0 spiro atoms. The lowest BCUT2D eigenvalue weighted by Gasteiger charge is -2.15. The van der Waals surface area contributed by atoms with Gasteiger partial charge in [-0.2, -0.15) is 0 Å². The Hall–Kier alpha value is -1.56. The third-order valence-electron chi connectivity index (χ3n) is 5.71. The first-order valence-corrected chi connectivity index (χ1v) is 18.4. The van der Waals surface area contributed by atoms with Crippen LogP contribution in [0.4, 0.5) is 0 Å². The molecule has 0 aromatic heterocycles. The van der Waals surface area contributed by atoms with Gasteiger partial charge in [0.2, 0.25) is 0 Å². The molecular formula is C44H88. The summed E-state index contributed by atoms with van der Waals surface area (Å²) in [6.07, 6.45) is 18.3. The molecule has 0 radical (unpaired) electrons. The van der Waals surface area contributed by atoms with Crippen molar-refractivity contribution in [3.8, 4) is 0 Å². The fourth-order valence-corrected chi connectivity index (χ4v) is 3.32. The molecule has 0 heterocycles. The summed E-state index contributed by atoms with van der Waals surface area (Å²) < 4.78 is 0. The van der Waals surface area contributed by atoms with Crippen molar-refractivity contribution in [3.05, 3.63) is 71.3 Å². The van der Waals surface area contributed by atoms with Crippen molar-refractivity contribution in [2.24, 2.45) is 11.3 Å². The molecule has 0 amide bonds. The molecular weight excluding hydrogens is 528 g/mol. The van der Waals surface area contributed by atoms with Gasteiger partial charge in [-0.3, -0.25) is 0 Å². The van der Waals surface area contributed by atoms with E-state index in [4.69, 9.17) is 0 Å². The van der Waals surface area contributed by atoms with Crippen LogP contribution in [0.5, 0.6) is 0 Å². The van der Waals surface area contributed by atoms with Crippen molar-refractivity contribution in [1.82, 2.24) is 0 Å². The normalized spacial score (nSPS) is 11.2. The Morgan fingerprint density at radius 3 is 1.07 bits per heavy atom. The van der Waals surface area contributed by atoms with E-state index in [-0.39, 0.29) is 7.43 Å². The molecule has 0 bridgehead atoms. The summed E-state index contributed by atoms with van der Waals surface area (Å²) >= 11 is 0. The van der Waals surface area contributed by atoms with Crippen LogP contribution < -0.4 is 0 Å². The lowest BCUT2D eigenvalue weighted by Crippen LogP contribution is -1.99. The van der Waals surface area contributed by atoms with Gasteiger partial charge in [-0.15, -0.1) is 0 Å². The zero-order valence-corrected chi connectivity index (χ0v) is 33.0. The van der Waals surface area contributed by atoms with E-state index in [2.05, 4.69) is 133 Å². The molecule has 1 aliphatic carbocycles. The molecule has 0 heteroatoms. The third kappa shape index (κ3) is 72.6. The first kappa shape index (κ1) is 54.9. The third-order valence-corrected chi connectivity index (χ3v) is 5.71. The van der Waals surface area contributed by atoms with E-state index < -0.39 is 0 Å². The zero-order valence-electron chi connectivity index (χ0n) is 33.0. The molecule has 0 nitrogen and oxygen atoms in total. The van der Waals surface area contributed by atoms with E-state index in [0.29, 0.717) is 5.41 Å². The Kier molecular flexibility index (Phi) is 57.2. The fourth-order valence-electron chi connectivity index (χ4n) is 3.32. The molecule has 3 rings (SSSR count). The highest BCUT2D eigenvalue weighted by molar-refractivity contribution is 5.20. The summed E-state index contributed by atoms with van der Waals surface area (Å²) in [4.78, 5) is 0. The largest absolute Gasteiger partial charge is 0.0776 e. The maximum absolute atomic E-state index is 2.36. The second-order valence-electron chi connectivity index (χ2n) is 13.3. The van der Waals surface area contributed by atoms with Crippen molar-refractivity contribution in [2.45, 2.75) is 202 Å². The van der Waals surface area contributed by atoms with Crippen molar-refractivity contribution in [1.29, 1.82) is 0 Å². The number of rotatable bonds is 5.